The summed E-state index contributed by atoms with van der Waals surface area (Å²) in [7, 11) is 0. The first-order valence-electron chi connectivity index (χ1n) is 11.5. The first-order valence-corrected chi connectivity index (χ1v) is 12.4. The average Bonchev–Trinajstić information content (AvgIpc) is 3.07. The van der Waals surface area contributed by atoms with Crippen molar-refractivity contribution in [3.8, 4) is 0 Å². The van der Waals surface area contributed by atoms with E-state index in [9.17, 15) is 9.59 Å². The van der Waals surface area contributed by atoms with Crippen LogP contribution in [0.25, 0.3) is 10.2 Å². The molecule has 7 nitrogen and oxygen atoms in total. The van der Waals surface area contributed by atoms with Gasteiger partial charge in [0.1, 0.15) is 4.83 Å². The van der Waals surface area contributed by atoms with E-state index in [1.807, 2.05) is 18.7 Å². The van der Waals surface area contributed by atoms with Crippen LogP contribution in [0.15, 0.2) is 11.1 Å². The number of aryl methyl sites for hydroxylation is 3. The van der Waals surface area contributed by atoms with Gasteiger partial charge in [-0.1, -0.05) is 26.2 Å². The number of hydrogen-bond acceptors (Lipinski definition) is 6. The molecule has 1 amide bonds. The van der Waals surface area contributed by atoms with E-state index in [2.05, 4.69) is 16.8 Å². The SMILES string of the molecule is CCCCCCN(CCN1CCOCC1)C(=O)CCn1cnc2sc(C)c(C)c2c1=O. The monoisotopic (exact) mass is 448 g/mol. The highest BCUT2D eigenvalue weighted by atomic mass is 32.1. The van der Waals surface area contributed by atoms with Crippen LogP contribution >= 0.6 is 11.3 Å². The molecular weight excluding hydrogens is 412 g/mol. The van der Waals surface area contributed by atoms with Crippen LogP contribution in [-0.2, 0) is 16.1 Å². The number of hydrogen-bond donors (Lipinski definition) is 0. The predicted molar refractivity (Wildman–Crippen MR) is 126 cm³/mol. The van der Waals surface area contributed by atoms with Gasteiger partial charge in [-0.2, -0.15) is 0 Å². The third-order valence-corrected chi connectivity index (χ3v) is 7.26. The molecule has 1 aliphatic rings. The van der Waals surface area contributed by atoms with Crippen molar-refractivity contribution in [1.29, 1.82) is 0 Å². The molecular formula is C23H36N4O3S. The molecule has 0 radical (unpaired) electrons. The molecule has 0 N–H and O–H groups in total. The van der Waals surface area contributed by atoms with Gasteiger partial charge in [-0.3, -0.25) is 19.1 Å². The Balaban J connectivity index is 1.61. The molecule has 8 heteroatoms. The summed E-state index contributed by atoms with van der Waals surface area (Å²) in [6, 6.07) is 0. The summed E-state index contributed by atoms with van der Waals surface area (Å²) in [5.41, 5.74) is 0.962. The topological polar surface area (TPSA) is 67.7 Å². The third-order valence-electron chi connectivity index (χ3n) is 6.15. The van der Waals surface area contributed by atoms with Crippen molar-refractivity contribution in [3.63, 3.8) is 0 Å². The van der Waals surface area contributed by atoms with Gasteiger partial charge in [0.2, 0.25) is 5.91 Å². The molecule has 2 aromatic rings. The van der Waals surface area contributed by atoms with Crippen molar-refractivity contribution in [2.75, 3.05) is 45.9 Å². The third kappa shape index (κ3) is 6.37. The maximum absolute atomic E-state index is 13.0. The fourth-order valence-corrected chi connectivity index (χ4v) is 4.97. The van der Waals surface area contributed by atoms with E-state index in [0.717, 1.165) is 74.1 Å². The number of fused-ring (bicyclic) bond motifs is 1. The molecule has 31 heavy (non-hydrogen) atoms. The van der Waals surface area contributed by atoms with Crippen LogP contribution in [0.2, 0.25) is 0 Å². The Morgan fingerprint density at radius 3 is 2.68 bits per heavy atom. The Bertz CT molecular complexity index is 917. The Hall–Kier alpha value is -1.77. The van der Waals surface area contributed by atoms with Crippen molar-refractivity contribution in [2.24, 2.45) is 0 Å². The van der Waals surface area contributed by atoms with E-state index >= 15 is 0 Å². The first kappa shape index (κ1) is 23.9. The van der Waals surface area contributed by atoms with Crippen molar-refractivity contribution >= 4 is 27.5 Å². The van der Waals surface area contributed by atoms with Gasteiger partial charge in [0.25, 0.3) is 5.56 Å². The number of amides is 1. The van der Waals surface area contributed by atoms with Crippen LogP contribution < -0.4 is 5.56 Å². The fourth-order valence-electron chi connectivity index (χ4n) is 3.98. The largest absolute Gasteiger partial charge is 0.379 e. The van der Waals surface area contributed by atoms with Gasteiger partial charge in [-0.15, -0.1) is 11.3 Å². The number of nitrogens with zero attached hydrogens (tertiary/aromatic N) is 4. The zero-order valence-electron chi connectivity index (χ0n) is 19.2. The molecule has 1 fully saturated rings. The minimum absolute atomic E-state index is 0.0394. The summed E-state index contributed by atoms with van der Waals surface area (Å²) in [5, 5.41) is 0.696. The Kier molecular flexibility index (Phi) is 9.04. The molecule has 1 saturated heterocycles. The van der Waals surface area contributed by atoms with Crippen molar-refractivity contribution in [2.45, 2.75) is 59.4 Å². The summed E-state index contributed by atoms with van der Waals surface area (Å²) in [4.78, 5) is 36.7. The van der Waals surface area contributed by atoms with E-state index in [1.54, 1.807) is 22.2 Å². The number of thiophene rings is 1. The van der Waals surface area contributed by atoms with Crippen LogP contribution in [0.3, 0.4) is 0 Å². The number of rotatable bonds is 11. The van der Waals surface area contributed by atoms with Crippen LogP contribution in [0.1, 0.15) is 49.5 Å². The highest BCUT2D eigenvalue weighted by Gasteiger charge is 2.18. The minimum atomic E-state index is -0.0394. The Labute approximate surface area is 189 Å². The fraction of sp³-hybridized carbons (Fsp3) is 0.696. The second-order valence-corrected chi connectivity index (χ2v) is 9.56. The summed E-state index contributed by atoms with van der Waals surface area (Å²) in [6.07, 6.45) is 6.48. The molecule has 0 atom stereocenters. The number of carbonyl (C=O) groups excluding carboxylic acids is 1. The van der Waals surface area contributed by atoms with Gasteiger partial charge in [-0.25, -0.2) is 4.98 Å². The molecule has 0 aromatic carbocycles. The molecule has 0 aliphatic carbocycles. The molecule has 3 heterocycles. The van der Waals surface area contributed by atoms with Crippen molar-refractivity contribution in [1.82, 2.24) is 19.4 Å². The summed E-state index contributed by atoms with van der Waals surface area (Å²) < 4.78 is 7.02. The summed E-state index contributed by atoms with van der Waals surface area (Å²) in [6.45, 7) is 12.3. The molecule has 0 saturated carbocycles. The number of ether oxygens (including phenoxy) is 1. The van der Waals surface area contributed by atoms with E-state index in [4.69, 9.17) is 4.74 Å². The van der Waals surface area contributed by atoms with Gasteiger partial charge in [-0.05, 0) is 25.8 Å². The van der Waals surface area contributed by atoms with Crippen LogP contribution in [0, 0.1) is 13.8 Å². The normalized spacial score (nSPS) is 14.9. The molecule has 172 valence electrons. The Morgan fingerprint density at radius 1 is 1.16 bits per heavy atom. The van der Waals surface area contributed by atoms with Gasteiger partial charge in [0, 0.05) is 50.6 Å². The van der Waals surface area contributed by atoms with Crippen molar-refractivity contribution in [3.05, 3.63) is 27.1 Å². The maximum atomic E-state index is 13.0. The smallest absolute Gasteiger partial charge is 0.262 e. The van der Waals surface area contributed by atoms with Gasteiger partial charge in [0.15, 0.2) is 0 Å². The number of carbonyl (C=O) groups is 1. The predicted octanol–water partition coefficient (Wildman–Crippen LogP) is 3.21. The van der Waals surface area contributed by atoms with E-state index in [-0.39, 0.29) is 11.5 Å². The minimum Gasteiger partial charge on any atom is -0.379 e. The lowest BCUT2D eigenvalue weighted by Crippen LogP contribution is -2.43. The van der Waals surface area contributed by atoms with E-state index in [1.165, 1.54) is 12.8 Å². The van der Waals surface area contributed by atoms with E-state index in [0.29, 0.717) is 18.4 Å². The van der Waals surface area contributed by atoms with Gasteiger partial charge >= 0.3 is 0 Å². The van der Waals surface area contributed by atoms with Gasteiger partial charge < -0.3 is 9.64 Å². The van der Waals surface area contributed by atoms with Crippen molar-refractivity contribution < 1.29 is 9.53 Å². The number of morpholine rings is 1. The molecule has 3 rings (SSSR count). The van der Waals surface area contributed by atoms with Gasteiger partial charge in [0.05, 0.1) is 24.9 Å². The van der Waals surface area contributed by atoms with E-state index < -0.39 is 0 Å². The molecule has 0 unspecified atom stereocenters. The second-order valence-electron chi connectivity index (χ2n) is 8.35. The van der Waals surface area contributed by atoms with Crippen LogP contribution in [-0.4, -0.2) is 71.2 Å². The molecule has 1 aliphatic heterocycles. The maximum Gasteiger partial charge on any atom is 0.262 e. The Morgan fingerprint density at radius 2 is 1.94 bits per heavy atom. The highest BCUT2D eigenvalue weighted by molar-refractivity contribution is 7.18. The standard InChI is InChI=1S/C23H36N4O3S/c1-4-5-6-7-9-26(12-11-25-13-15-30-16-14-25)20(28)8-10-27-17-24-22-21(23(27)29)18(2)19(3)31-22/h17H,4-16H2,1-3H3. The number of unbranched alkanes of at least 4 members (excludes halogenated alkanes) is 3. The molecule has 2 aromatic heterocycles. The zero-order valence-corrected chi connectivity index (χ0v) is 20.0. The lowest BCUT2D eigenvalue weighted by Gasteiger charge is -2.30. The second kappa shape index (κ2) is 11.7. The quantitative estimate of drug-likeness (QED) is 0.494. The summed E-state index contributed by atoms with van der Waals surface area (Å²) >= 11 is 1.55. The summed E-state index contributed by atoms with van der Waals surface area (Å²) in [5.74, 6) is 0.120. The molecule has 0 spiro atoms. The van der Waals surface area contributed by atoms with Crippen LogP contribution in [0.5, 0.6) is 0 Å². The lowest BCUT2D eigenvalue weighted by molar-refractivity contribution is -0.131. The lowest BCUT2D eigenvalue weighted by atomic mass is 10.2. The molecule has 0 bridgehead atoms. The average molecular weight is 449 g/mol. The van der Waals surface area contributed by atoms with Crippen LogP contribution in [0.4, 0.5) is 0 Å². The zero-order chi connectivity index (χ0) is 22.2. The first-order chi connectivity index (χ1) is 15.0. The number of aromatic nitrogens is 2. The highest BCUT2D eigenvalue weighted by Crippen LogP contribution is 2.25.